The summed E-state index contributed by atoms with van der Waals surface area (Å²) in [6, 6.07) is 10.7. The van der Waals surface area contributed by atoms with Crippen LogP contribution < -0.4 is 4.90 Å². The number of benzene rings is 2. The van der Waals surface area contributed by atoms with Gasteiger partial charge in [-0.2, -0.15) is 0 Å². The molecule has 0 spiro atoms. The second kappa shape index (κ2) is 4.56. The largest absolute Gasteiger partial charge is 0.315 e. The average Bonchev–Trinajstić information content (AvgIpc) is 2.74. The lowest BCUT2D eigenvalue weighted by Crippen LogP contribution is -2.20. The minimum Gasteiger partial charge on any atom is -0.315 e. The molecule has 1 heterocycles. The van der Waals surface area contributed by atoms with E-state index in [0.29, 0.717) is 17.5 Å². The molecular formula is C16H12FNO2. The van der Waals surface area contributed by atoms with Crippen LogP contribution in [0.25, 0.3) is 0 Å². The first kappa shape index (κ1) is 12.5. The van der Waals surface area contributed by atoms with Crippen LogP contribution >= 0.6 is 0 Å². The summed E-state index contributed by atoms with van der Waals surface area (Å²) in [6.45, 7) is 0. The standard InChI is InChI=1S/C16H12FNO2/c1-18-14-7-4-11(8-12(14)9-15(18)19)16(20)10-2-5-13(17)6-3-10/h2-8H,9H2,1H3. The van der Waals surface area contributed by atoms with Crippen molar-refractivity contribution < 1.29 is 14.0 Å². The molecule has 20 heavy (non-hydrogen) atoms. The van der Waals surface area contributed by atoms with Crippen LogP contribution in [0.4, 0.5) is 10.1 Å². The highest BCUT2D eigenvalue weighted by molar-refractivity contribution is 6.10. The van der Waals surface area contributed by atoms with E-state index in [1.807, 2.05) is 0 Å². The zero-order valence-electron chi connectivity index (χ0n) is 10.9. The van der Waals surface area contributed by atoms with Crippen LogP contribution in [0.15, 0.2) is 42.5 Å². The van der Waals surface area contributed by atoms with Gasteiger partial charge in [0.05, 0.1) is 6.42 Å². The fraction of sp³-hybridized carbons (Fsp3) is 0.125. The number of fused-ring (bicyclic) bond motifs is 1. The van der Waals surface area contributed by atoms with Crippen molar-refractivity contribution >= 4 is 17.4 Å². The van der Waals surface area contributed by atoms with Gasteiger partial charge in [-0.15, -0.1) is 0 Å². The van der Waals surface area contributed by atoms with Gasteiger partial charge in [0.2, 0.25) is 5.91 Å². The molecule has 0 saturated carbocycles. The van der Waals surface area contributed by atoms with Crippen LogP contribution in [0.5, 0.6) is 0 Å². The lowest BCUT2D eigenvalue weighted by Gasteiger charge is -2.10. The smallest absolute Gasteiger partial charge is 0.231 e. The van der Waals surface area contributed by atoms with Gasteiger partial charge >= 0.3 is 0 Å². The Morgan fingerprint density at radius 2 is 1.75 bits per heavy atom. The summed E-state index contributed by atoms with van der Waals surface area (Å²) >= 11 is 0. The number of halogens is 1. The lowest BCUT2D eigenvalue weighted by molar-refractivity contribution is -0.117. The first-order valence-electron chi connectivity index (χ1n) is 6.26. The van der Waals surface area contributed by atoms with Crippen molar-refractivity contribution in [2.45, 2.75) is 6.42 Å². The maximum atomic E-state index is 12.9. The van der Waals surface area contributed by atoms with Crippen molar-refractivity contribution in [1.82, 2.24) is 0 Å². The highest BCUT2D eigenvalue weighted by Gasteiger charge is 2.24. The van der Waals surface area contributed by atoms with Gasteiger partial charge in [-0.1, -0.05) is 0 Å². The van der Waals surface area contributed by atoms with Crippen molar-refractivity contribution in [3.05, 3.63) is 65.0 Å². The number of ketones is 1. The molecule has 0 saturated heterocycles. The molecule has 100 valence electrons. The Kier molecular flexibility index (Phi) is 2.86. The zero-order valence-corrected chi connectivity index (χ0v) is 10.9. The summed E-state index contributed by atoms with van der Waals surface area (Å²) in [4.78, 5) is 25.5. The third-order valence-corrected chi connectivity index (χ3v) is 3.53. The van der Waals surface area contributed by atoms with E-state index in [0.717, 1.165) is 11.3 Å². The summed E-state index contributed by atoms with van der Waals surface area (Å²) in [5, 5.41) is 0. The molecule has 0 atom stereocenters. The highest BCUT2D eigenvalue weighted by atomic mass is 19.1. The summed E-state index contributed by atoms with van der Waals surface area (Å²) in [5.74, 6) is -0.524. The Morgan fingerprint density at radius 3 is 2.45 bits per heavy atom. The van der Waals surface area contributed by atoms with Crippen LogP contribution in [0.3, 0.4) is 0 Å². The van der Waals surface area contributed by atoms with Crippen molar-refractivity contribution in [3.8, 4) is 0 Å². The molecule has 1 amide bonds. The van der Waals surface area contributed by atoms with E-state index < -0.39 is 0 Å². The van der Waals surface area contributed by atoms with Gasteiger partial charge in [0.15, 0.2) is 5.78 Å². The topological polar surface area (TPSA) is 37.4 Å². The Bertz CT molecular complexity index is 707. The van der Waals surface area contributed by atoms with E-state index in [1.54, 1.807) is 30.1 Å². The van der Waals surface area contributed by atoms with E-state index in [4.69, 9.17) is 0 Å². The molecule has 3 nitrogen and oxygen atoms in total. The number of carbonyl (C=O) groups is 2. The average molecular weight is 269 g/mol. The van der Waals surface area contributed by atoms with Gasteiger partial charge in [0.1, 0.15) is 5.82 Å². The molecule has 1 aliphatic rings. The number of likely N-dealkylation sites (N-methyl/N-ethyl adjacent to an activating group) is 1. The second-order valence-corrected chi connectivity index (χ2v) is 4.81. The summed E-state index contributed by atoms with van der Waals surface area (Å²) in [5.41, 5.74) is 2.64. The molecule has 2 aromatic rings. The van der Waals surface area contributed by atoms with Crippen LogP contribution in [0, 0.1) is 5.82 Å². The second-order valence-electron chi connectivity index (χ2n) is 4.81. The van der Waals surface area contributed by atoms with E-state index in [2.05, 4.69) is 0 Å². The normalized spacial score (nSPS) is 13.5. The van der Waals surface area contributed by atoms with E-state index in [-0.39, 0.29) is 17.5 Å². The molecule has 4 heteroatoms. The Hall–Kier alpha value is -2.49. The molecule has 0 aromatic heterocycles. The molecule has 0 unspecified atom stereocenters. The molecule has 0 N–H and O–H groups in total. The minimum atomic E-state index is -0.372. The van der Waals surface area contributed by atoms with Crippen LogP contribution in [-0.4, -0.2) is 18.7 Å². The van der Waals surface area contributed by atoms with E-state index in [1.165, 1.54) is 24.3 Å². The third kappa shape index (κ3) is 1.99. The SMILES string of the molecule is CN1C(=O)Cc2cc(C(=O)c3ccc(F)cc3)ccc21. The highest BCUT2D eigenvalue weighted by Crippen LogP contribution is 2.29. The van der Waals surface area contributed by atoms with Crippen molar-refractivity contribution in [2.24, 2.45) is 0 Å². The van der Waals surface area contributed by atoms with E-state index >= 15 is 0 Å². The number of nitrogens with zero attached hydrogens (tertiary/aromatic N) is 1. The van der Waals surface area contributed by atoms with Crippen LogP contribution in [-0.2, 0) is 11.2 Å². The van der Waals surface area contributed by atoms with Crippen LogP contribution in [0.2, 0.25) is 0 Å². The molecule has 0 fully saturated rings. The van der Waals surface area contributed by atoms with Gasteiger partial charge in [-0.25, -0.2) is 4.39 Å². The number of hydrogen-bond acceptors (Lipinski definition) is 2. The first-order chi connectivity index (χ1) is 9.56. The number of hydrogen-bond donors (Lipinski definition) is 0. The monoisotopic (exact) mass is 269 g/mol. The summed E-state index contributed by atoms with van der Waals surface area (Å²) in [7, 11) is 1.72. The van der Waals surface area contributed by atoms with Gasteiger partial charge in [-0.05, 0) is 48.0 Å². The zero-order chi connectivity index (χ0) is 14.3. The Labute approximate surface area is 115 Å². The third-order valence-electron chi connectivity index (χ3n) is 3.53. The van der Waals surface area contributed by atoms with Crippen molar-refractivity contribution in [1.29, 1.82) is 0 Å². The lowest BCUT2D eigenvalue weighted by atomic mass is 10.0. The maximum absolute atomic E-state index is 12.9. The van der Waals surface area contributed by atoms with Gasteiger partial charge in [0, 0.05) is 23.9 Å². The molecule has 0 aliphatic carbocycles. The summed E-state index contributed by atoms with van der Waals surface area (Å²) in [6.07, 6.45) is 0.316. The number of carbonyl (C=O) groups excluding carboxylic acids is 2. The molecule has 0 radical (unpaired) electrons. The van der Waals surface area contributed by atoms with Gasteiger partial charge in [0.25, 0.3) is 0 Å². The molecule has 0 bridgehead atoms. The van der Waals surface area contributed by atoms with Crippen molar-refractivity contribution in [3.63, 3.8) is 0 Å². The van der Waals surface area contributed by atoms with Crippen molar-refractivity contribution in [2.75, 3.05) is 11.9 Å². The summed E-state index contributed by atoms with van der Waals surface area (Å²) < 4.78 is 12.9. The first-order valence-corrected chi connectivity index (χ1v) is 6.26. The number of rotatable bonds is 2. The van der Waals surface area contributed by atoms with Crippen LogP contribution in [0.1, 0.15) is 21.5 Å². The Balaban J connectivity index is 1.96. The maximum Gasteiger partial charge on any atom is 0.231 e. The number of amides is 1. The number of anilines is 1. The molecule has 1 aliphatic heterocycles. The minimum absolute atomic E-state index is 0.0198. The van der Waals surface area contributed by atoms with Gasteiger partial charge < -0.3 is 4.90 Å². The predicted octanol–water partition coefficient (Wildman–Crippen LogP) is 2.58. The molecular weight excluding hydrogens is 257 g/mol. The predicted molar refractivity (Wildman–Crippen MR) is 73.4 cm³/mol. The quantitative estimate of drug-likeness (QED) is 0.786. The Morgan fingerprint density at radius 1 is 1.10 bits per heavy atom. The van der Waals surface area contributed by atoms with Gasteiger partial charge in [-0.3, -0.25) is 9.59 Å². The fourth-order valence-electron chi connectivity index (χ4n) is 2.38. The molecule has 2 aromatic carbocycles. The molecule has 3 rings (SSSR count). The fourth-order valence-corrected chi connectivity index (χ4v) is 2.38. The van der Waals surface area contributed by atoms with E-state index in [9.17, 15) is 14.0 Å².